The Labute approximate surface area is 111 Å². The van der Waals surface area contributed by atoms with Crippen molar-refractivity contribution in [3.05, 3.63) is 24.5 Å². The van der Waals surface area contributed by atoms with Crippen LogP contribution in [0.2, 0.25) is 0 Å². The van der Waals surface area contributed by atoms with Gasteiger partial charge in [-0.1, -0.05) is 19.3 Å². The number of carbonyl (C=O) groups excluding carboxylic acids is 1. The average Bonchev–Trinajstić information content (AvgIpc) is 2.40. The van der Waals surface area contributed by atoms with Crippen LogP contribution in [0.5, 0.6) is 0 Å². The molecule has 0 radical (unpaired) electrons. The van der Waals surface area contributed by atoms with Crippen LogP contribution in [0.3, 0.4) is 0 Å². The van der Waals surface area contributed by atoms with Gasteiger partial charge in [0, 0.05) is 6.20 Å². The molecule has 1 aliphatic rings. The number of aliphatic carboxylic acids is 1. The number of rotatable bonds is 3. The SMILES string of the molecule is O=C(Nc1cccnc1)NC1(C(=O)O)CCCCC1. The molecule has 0 saturated heterocycles. The minimum atomic E-state index is -1.13. The van der Waals surface area contributed by atoms with Crippen molar-refractivity contribution in [2.45, 2.75) is 37.6 Å². The van der Waals surface area contributed by atoms with Gasteiger partial charge in [-0.2, -0.15) is 0 Å². The van der Waals surface area contributed by atoms with Crippen LogP contribution < -0.4 is 10.6 Å². The molecule has 1 aromatic rings. The number of carbonyl (C=O) groups is 2. The molecule has 1 aromatic heterocycles. The first kappa shape index (κ1) is 13.3. The van der Waals surface area contributed by atoms with E-state index >= 15 is 0 Å². The van der Waals surface area contributed by atoms with Crippen molar-refractivity contribution in [2.24, 2.45) is 0 Å². The third-order valence-corrected chi connectivity index (χ3v) is 3.39. The first-order valence-corrected chi connectivity index (χ1v) is 6.35. The molecule has 2 amide bonds. The maximum atomic E-state index is 11.9. The summed E-state index contributed by atoms with van der Waals surface area (Å²) in [4.78, 5) is 27.2. The maximum absolute atomic E-state index is 11.9. The highest BCUT2D eigenvalue weighted by molar-refractivity contribution is 5.93. The van der Waals surface area contributed by atoms with Gasteiger partial charge in [0.05, 0.1) is 11.9 Å². The highest BCUT2D eigenvalue weighted by atomic mass is 16.4. The van der Waals surface area contributed by atoms with Crippen molar-refractivity contribution < 1.29 is 14.7 Å². The second-order valence-corrected chi connectivity index (χ2v) is 4.77. The number of anilines is 1. The van der Waals surface area contributed by atoms with Gasteiger partial charge in [0.25, 0.3) is 0 Å². The topological polar surface area (TPSA) is 91.3 Å². The van der Waals surface area contributed by atoms with Gasteiger partial charge in [-0.25, -0.2) is 9.59 Å². The smallest absolute Gasteiger partial charge is 0.329 e. The molecule has 1 saturated carbocycles. The predicted octanol–water partition coefficient (Wildman–Crippen LogP) is 1.99. The van der Waals surface area contributed by atoms with Crippen molar-refractivity contribution in [1.82, 2.24) is 10.3 Å². The summed E-state index contributed by atoms with van der Waals surface area (Å²) in [6, 6.07) is 2.89. The number of nitrogens with one attached hydrogen (secondary N) is 2. The quantitative estimate of drug-likeness (QED) is 0.777. The first-order chi connectivity index (χ1) is 9.12. The summed E-state index contributed by atoms with van der Waals surface area (Å²) in [5.41, 5.74) is -0.596. The van der Waals surface area contributed by atoms with E-state index in [1.807, 2.05) is 0 Å². The van der Waals surface area contributed by atoms with Crippen LogP contribution in [0, 0.1) is 0 Å². The van der Waals surface area contributed by atoms with Crippen molar-refractivity contribution in [3.8, 4) is 0 Å². The summed E-state index contributed by atoms with van der Waals surface area (Å²) in [6.45, 7) is 0. The van der Waals surface area contributed by atoms with E-state index < -0.39 is 17.5 Å². The van der Waals surface area contributed by atoms with E-state index in [0.29, 0.717) is 18.5 Å². The molecule has 0 aromatic carbocycles. The number of carboxylic acid groups (broad SMARTS) is 1. The third kappa shape index (κ3) is 3.21. The Hall–Kier alpha value is -2.11. The number of pyridine rings is 1. The minimum absolute atomic E-state index is 0.475. The predicted molar refractivity (Wildman–Crippen MR) is 69.8 cm³/mol. The van der Waals surface area contributed by atoms with Gasteiger partial charge in [-0.05, 0) is 25.0 Å². The second-order valence-electron chi connectivity index (χ2n) is 4.77. The van der Waals surface area contributed by atoms with Crippen molar-refractivity contribution in [1.29, 1.82) is 0 Å². The molecule has 19 heavy (non-hydrogen) atoms. The zero-order chi connectivity index (χ0) is 13.7. The minimum Gasteiger partial charge on any atom is -0.480 e. The highest BCUT2D eigenvalue weighted by Gasteiger charge is 2.40. The lowest BCUT2D eigenvalue weighted by atomic mass is 9.82. The van der Waals surface area contributed by atoms with Gasteiger partial charge in [-0.15, -0.1) is 0 Å². The molecule has 1 aliphatic carbocycles. The van der Waals surface area contributed by atoms with Gasteiger partial charge in [0.1, 0.15) is 5.54 Å². The fourth-order valence-corrected chi connectivity index (χ4v) is 2.36. The van der Waals surface area contributed by atoms with Gasteiger partial charge in [-0.3, -0.25) is 4.98 Å². The van der Waals surface area contributed by atoms with Crippen LogP contribution in [-0.4, -0.2) is 27.6 Å². The maximum Gasteiger partial charge on any atom is 0.329 e. The third-order valence-electron chi connectivity index (χ3n) is 3.39. The molecule has 0 unspecified atom stereocenters. The summed E-state index contributed by atoms with van der Waals surface area (Å²) in [6.07, 6.45) is 6.71. The number of hydrogen-bond acceptors (Lipinski definition) is 3. The molecule has 0 aliphatic heterocycles. The summed E-state index contributed by atoms with van der Waals surface area (Å²) < 4.78 is 0. The Morgan fingerprint density at radius 1 is 1.26 bits per heavy atom. The molecule has 1 fully saturated rings. The lowest BCUT2D eigenvalue weighted by molar-refractivity contribution is -0.145. The van der Waals surface area contributed by atoms with Crippen LogP contribution in [0.1, 0.15) is 32.1 Å². The van der Waals surface area contributed by atoms with E-state index in [4.69, 9.17) is 0 Å². The molecule has 0 atom stereocenters. The Bertz CT molecular complexity index is 455. The Morgan fingerprint density at radius 2 is 2.00 bits per heavy atom. The zero-order valence-corrected chi connectivity index (χ0v) is 10.6. The molecular formula is C13H17N3O3. The Kier molecular flexibility index (Phi) is 3.99. The number of nitrogens with zero attached hydrogens (tertiary/aromatic N) is 1. The van der Waals surface area contributed by atoms with Crippen LogP contribution in [0.15, 0.2) is 24.5 Å². The summed E-state index contributed by atoms with van der Waals surface area (Å²) in [5.74, 6) is -0.964. The first-order valence-electron chi connectivity index (χ1n) is 6.35. The monoisotopic (exact) mass is 263 g/mol. The van der Waals surface area contributed by atoms with Crippen molar-refractivity contribution in [2.75, 3.05) is 5.32 Å². The summed E-state index contributed by atoms with van der Waals surface area (Å²) in [5, 5.41) is 14.5. The van der Waals surface area contributed by atoms with Crippen LogP contribution >= 0.6 is 0 Å². The van der Waals surface area contributed by atoms with Gasteiger partial charge in [0.2, 0.25) is 0 Å². The average molecular weight is 263 g/mol. The molecular weight excluding hydrogens is 246 g/mol. The van der Waals surface area contributed by atoms with Gasteiger partial charge < -0.3 is 15.7 Å². The number of carboxylic acids is 1. The van der Waals surface area contributed by atoms with E-state index in [2.05, 4.69) is 15.6 Å². The number of aromatic nitrogens is 1. The molecule has 0 bridgehead atoms. The molecule has 1 heterocycles. The lowest BCUT2D eigenvalue weighted by Gasteiger charge is -2.33. The summed E-state index contributed by atoms with van der Waals surface area (Å²) in [7, 11) is 0. The number of amides is 2. The molecule has 6 nitrogen and oxygen atoms in total. The molecule has 6 heteroatoms. The molecule has 3 N–H and O–H groups in total. The van der Waals surface area contributed by atoms with Crippen LogP contribution in [-0.2, 0) is 4.79 Å². The van der Waals surface area contributed by atoms with Crippen LogP contribution in [0.25, 0.3) is 0 Å². The highest BCUT2D eigenvalue weighted by Crippen LogP contribution is 2.28. The molecule has 102 valence electrons. The van der Waals surface area contributed by atoms with E-state index in [9.17, 15) is 14.7 Å². The van der Waals surface area contributed by atoms with Crippen molar-refractivity contribution in [3.63, 3.8) is 0 Å². The zero-order valence-electron chi connectivity index (χ0n) is 10.6. The number of hydrogen-bond donors (Lipinski definition) is 3. The Morgan fingerprint density at radius 3 is 2.58 bits per heavy atom. The fourth-order valence-electron chi connectivity index (χ4n) is 2.36. The van der Waals surface area contributed by atoms with E-state index in [0.717, 1.165) is 19.3 Å². The normalized spacial score (nSPS) is 17.5. The standard InChI is InChI=1S/C13H17N3O3/c17-11(18)13(6-2-1-3-7-13)16-12(19)15-10-5-4-8-14-9-10/h4-5,8-9H,1-3,6-7H2,(H,17,18)(H2,15,16,19). The second kappa shape index (κ2) is 5.69. The lowest BCUT2D eigenvalue weighted by Crippen LogP contribution is -2.56. The fraction of sp³-hybridized carbons (Fsp3) is 0.462. The number of urea groups is 1. The van der Waals surface area contributed by atoms with E-state index in [-0.39, 0.29) is 0 Å². The molecule has 2 rings (SSSR count). The van der Waals surface area contributed by atoms with Crippen LogP contribution in [0.4, 0.5) is 10.5 Å². The van der Waals surface area contributed by atoms with Crippen molar-refractivity contribution >= 4 is 17.7 Å². The summed E-state index contributed by atoms with van der Waals surface area (Å²) >= 11 is 0. The Balaban J connectivity index is 2.01. The molecule has 0 spiro atoms. The van der Waals surface area contributed by atoms with E-state index in [1.165, 1.54) is 6.20 Å². The van der Waals surface area contributed by atoms with Gasteiger partial charge in [0.15, 0.2) is 0 Å². The largest absolute Gasteiger partial charge is 0.480 e. The van der Waals surface area contributed by atoms with Gasteiger partial charge >= 0.3 is 12.0 Å². The van der Waals surface area contributed by atoms with E-state index in [1.54, 1.807) is 18.3 Å².